The van der Waals surface area contributed by atoms with Gasteiger partial charge in [0, 0.05) is 34.6 Å². The number of nitrogens with zero attached hydrogens (tertiary/aromatic N) is 3. The van der Waals surface area contributed by atoms with Crippen LogP contribution in [0.2, 0.25) is 0 Å². The summed E-state index contributed by atoms with van der Waals surface area (Å²) in [7, 11) is 1.28. The maximum Gasteiger partial charge on any atom is 0.416 e. The molecule has 3 aromatic rings. The van der Waals surface area contributed by atoms with Gasteiger partial charge in [-0.2, -0.15) is 0 Å². The maximum absolute atomic E-state index is 12.8. The van der Waals surface area contributed by atoms with Gasteiger partial charge in [-0.15, -0.1) is 11.3 Å². The van der Waals surface area contributed by atoms with Gasteiger partial charge in [-0.3, -0.25) is 9.88 Å². The summed E-state index contributed by atoms with van der Waals surface area (Å²) < 4.78 is 10.1. The van der Waals surface area contributed by atoms with Gasteiger partial charge in [-0.05, 0) is 24.3 Å². The average Bonchev–Trinajstić information content (AvgIpc) is 3.26. The van der Waals surface area contributed by atoms with E-state index >= 15 is 0 Å². The molecule has 0 aliphatic heterocycles. The first kappa shape index (κ1) is 21.0. The number of carbonyl (C=O) groups is 2. The van der Waals surface area contributed by atoms with E-state index in [-0.39, 0.29) is 18.7 Å². The number of rotatable bonds is 7. The van der Waals surface area contributed by atoms with Crippen LogP contribution in [-0.2, 0) is 16.0 Å². The lowest BCUT2D eigenvalue weighted by Gasteiger charge is -2.21. The molecule has 0 saturated heterocycles. The fourth-order valence-electron chi connectivity index (χ4n) is 2.70. The number of thiazole rings is 1. The monoisotopic (exact) mass is 424 g/mol. The highest BCUT2D eigenvalue weighted by Gasteiger charge is 2.25. The minimum Gasteiger partial charge on any atom is -0.465 e. The second kappa shape index (κ2) is 9.66. The van der Waals surface area contributed by atoms with Gasteiger partial charge in [0.25, 0.3) is 0 Å². The standard InChI is InChI=1S/C21H20N4O4S/c1-3-11-29-21(27)25(12-16-15(20(26)28-2)5-4-6-17(16)22)18-13-30-19(24-18)14-7-9-23-10-8-14/h3-10,13H,1,11-12,22H2,2H3. The zero-order valence-electron chi connectivity index (χ0n) is 16.3. The van der Waals surface area contributed by atoms with Gasteiger partial charge >= 0.3 is 12.1 Å². The molecule has 0 unspecified atom stereocenters. The third kappa shape index (κ3) is 4.64. The second-order valence-corrected chi connectivity index (χ2v) is 6.92. The number of aromatic nitrogens is 2. The van der Waals surface area contributed by atoms with E-state index < -0.39 is 12.1 Å². The first-order valence-electron chi connectivity index (χ1n) is 8.92. The number of anilines is 2. The number of esters is 1. The molecule has 8 nitrogen and oxygen atoms in total. The highest BCUT2D eigenvalue weighted by atomic mass is 32.1. The number of benzene rings is 1. The molecule has 1 aromatic carbocycles. The predicted octanol–water partition coefficient (Wildman–Crippen LogP) is 3.90. The smallest absolute Gasteiger partial charge is 0.416 e. The minimum absolute atomic E-state index is 0.0212. The van der Waals surface area contributed by atoms with Crippen LogP contribution in [0.3, 0.4) is 0 Å². The van der Waals surface area contributed by atoms with Crippen molar-refractivity contribution in [1.29, 1.82) is 0 Å². The predicted molar refractivity (Wildman–Crippen MR) is 115 cm³/mol. The van der Waals surface area contributed by atoms with Crippen LogP contribution >= 0.6 is 11.3 Å². The lowest BCUT2D eigenvalue weighted by Crippen LogP contribution is -2.32. The Hall–Kier alpha value is -3.72. The van der Waals surface area contributed by atoms with Gasteiger partial charge in [-0.25, -0.2) is 14.6 Å². The number of pyridine rings is 1. The Bertz CT molecular complexity index is 1050. The Morgan fingerprint density at radius 2 is 2.03 bits per heavy atom. The number of carbonyl (C=O) groups excluding carboxylic acids is 2. The van der Waals surface area contributed by atoms with Crippen LogP contribution in [0.25, 0.3) is 10.6 Å². The van der Waals surface area contributed by atoms with Crippen molar-refractivity contribution < 1.29 is 19.1 Å². The molecule has 0 spiro atoms. The molecule has 0 fully saturated rings. The van der Waals surface area contributed by atoms with Crippen LogP contribution in [0.4, 0.5) is 16.3 Å². The molecule has 0 saturated carbocycles. The first-order valence-corrected chi connectivity index (χ1v) is 9.80. The van der Waals surface area contributed by atoms with Crippen molar-refractivity contribution in [1.82, 2.24) is 9.97 Å². The Morgan fingerprint density at radius 3 is 2.73 bits per heavy atom. The van der Waals surface area contributed by atoms with Crippen LogP contribution in [0, 0.1) is 0 Å². The molecule has 2 heterocycles. The molecule has 0 atom stereocenters. The van der Waals surface area contributed by atoms with E-state index in [0.29, 0.717) is 22.1 Å². The fourth-order valence-corrected chi connectivity index (χ4v) is 3.52. The van der Waals surface area contributed by atoms with Crippen LogP contribution in [0.1, 0.15) is 15.9 Å². The van der Waals surface area contributed by atoms with E-state index in [9.17, 15) is 9.59 Å². The van der Waals surface area contributed by atoms with Gasteiger partial charge in [0.2, 0.25) is 0 Å². The summed E-state index contributed by atoms with van der Waals surface area (Å²) in [6.45, 7) is 3.57. The number of amides is 1. The van der Waals surface area contributed by atoms with Crippen molar-refractivity contribution in [2.75, 3.05) is 24.4 Å². The Balaban J connectivity index is 1.99. The van der Waals surface area contributed by atoms with Gasteiger partial charge in [0.05, 0.1) is 19.2 Å². The van der Waals surface area contributed by atoms with E-state index in [1.165, 1.54) is 29.4 Å². The molecule has 154 valence electrons. The number of hydrogen-bond donors (Lipinski definition) is 1. The maximum atomic E-state index is 12.8. The molecule has 2 aromatic heterocycles. The summed E-state index contributed by atoms with van der Waals surface area (Å²) in [5.41, 5.74) is 8.04. The summed E-state index contributed by atoms with van der Waals surface area (Å²) in [5, 5.41) is 2.45. The molecular formula is C21H20N4O4S. The topological polar surface area (TPSA) is 108 Å². The third-order valence-corrected chi connectivity index (χ3v) is 5.05. The van der Waals surface area contributed by atoms with Crippen molar-refractivity contribution in [3.05, 3.63) is 71.9 Å². The lowest BCUT2D eigenvalue weighted by atomic mass is 10.0. The molecule has 0 aliphatic carbocycles. The SMILES string of the molecule is C=CCOC(=O)N(Cc1c(N)cccc1C(=O)OC)c1csc(-c2ccncc2)n1. The molecular weight excluding hydrogens is 404 g/mol. The Kier molecular flexibility index (Phi) is 6.76. The van der Waals surface area contributed by atoms with Crippen LogP contribution in [0.15, 0.2) is 60.8 Å². The quantitative estimate of drug-likeness (QED) is 0.348. The molecule has 0 bridgehead atoms. The summed E-state index contributed by atoms with van der Waals surface area (Å²) in [6.07, 6.45) is 4.16. The van der Waals surface area contributed by atoms with Gasteiger partial charge in [-0.1, -0.05) is 18.7 Å². The van der Waals surface area contributed by atoms with Crippen molar-refractivity contribution in [2.45, 2.75) is 6.54 Å². The number of methoxy groups -OCH3 is 1. The number of nitrogen functional groups attached to an aromatic ring is 1. The largest absolute Gasteiger partial charge is 0.465 e. The number of nitrogens with two attached hydrogens (primary N) is 1. The molecule has 3 rings (SSSR count). The zero-order chi connectivity index (χ0) is 21.5. The molecule has 2 N–H and O–H groups in total. The van der Waals surface area contributed by atoms with Gasteiger partial charge in [0.15, 0.2) is 0 Å². The van der Waals surface area contributed by atoms with E-state index in [1.54, 1.807) is 36.0 Å². The molecule has 9 heteroatoms. The lowest BCUT2D eigenvalue weighted by molar-refractivity contribution is 0.0599. The Labute approximate surface area is 177 Å². The highest BCUT2D eigenvalue weighted by Crippen LogP contribution is 2.30. The van der Waals surface area contributed by atoms with E-state index in [2.05, 4.69) is 16.5 Å². The van der Waals surface area contributed by atoms with Crippen molar-refractivity contribution in [3.8, 4) is 10.6 Å². The minimum atomic E-state index is -0.638. The average molecular weight is 424 g/mol. The van der Waals surface area contributed by atoms with Crippen LogP contribution in [-0.4, -0.2) is 35.7 Å². The summed E-state index contributed by atoms with van der Waals surface area (Å²) in [5.74, 6) is -0.174. The molecule has 0 radical (unpaired) electrons. The van der Waals surface area contributed by atoms with E-state index in [0.717, 1.165) is 5.56 Å². The van der Waals surface area contributed by atoms with Crippen molar-refractivity contribution in [2.24, 2.45) is 0 Å². The normalized spacial score (nSPS) is 10.3. The molecule has 1 amide bonds. The van der Waals surface area contributed by atoms with Gasteiger partial charge < -0.3 is 15.2 Å². The second-order valence-electron chi connectivity index (χ2n) is 6.06. The summed E-state index contributed by atoms with van der Waals surface area (Å²) >= 11 is 1.37. The number of hydrogen-bond acceptors (Lipinski definition) is 8. The fraction of sp³-hybridized carbons (Fsp3) is 0.143. The van der Waals surface area contributed by atoms with E-state index in [1.807, 2.05) is 12.1 Å². The van der Waals surface area contributed by atoms with Crippen molar-refractivity contribution >= 4 is 34.9 Å². The third-order valence-electron chi connectivity index (χ3n) is 4.17. The number of ether oxygens (including phenoxy) is 2. The Morgan fingerprint density at radius 1 is 1.27 bits per heavy atom. The summed E-state index contributed by atoms with van der Waals surface area (Å²) in [4.78, 5) is 34.8. The van der Waals surface area contributed by atoms with Crippen LogP contribution < -0.4 is 10.6 Å². The zero-order valence-corrected chi connectivity index (χ0v) is 17.1. The molecule has 30 heavy (non-hydrogen) atoms. The van der Waals surface area contributed by atoms with Gasteiger partial charge in [0.1, 0.15) is 17.4 Å². The highest BCUT2D eigenvalue weighted by molar-refractivity contribution is 7.13. The summed E-state index contributed by atoms with van der Waals surface area (Å²) in [6, 6.07) is 8.55. The van der Waals surface area contributed by atoms with E-state index in [4.69, 9.17) is 15.2 Å². The van der Waals surface area contributed by atoms with Crippen molar-refractivity contribution in [3.63, 3.8) is 0 Å². The first-order chi connectivity index (χ1) is 14.5. The van der Waals surface area contributed by atoms with Crippen LogP contribution in [0.5, 0.6) is 0 Å². The molecule has 0 aliphatic rings.